The summed E-state index contributed by atoms with van der Waals surface area (Å²) in [5.74, 6) is 0. The number of carbonyl (C=O) groups excluding carboxylic acids is 1. The largest absolute Gasteiger partial charge is 0.399 e. The predicted molar refractivity (Wildman–Crippen MR) is 80.8 cm³/mol. The van der Waals surface area contributed by atoms with E-state index in [9.17, 15) is 13.2 Å². The Morgan fingerprint density at radius 1 is 1.35 bits per heavy atom. The molecular formula is C11H17BrN4O3S. The molecule has 0 saturated carbocycles. The summed E-state index contributed by atoms with van der Waals surface area (Å²) >= 11 is 3.17. The maximum atomic E-state index is 12.1. The van der Waals surface area contributed by atoms with E-state index in [2.05, 4.69) is 26.0 Å². The van der Waals surface area contributed by atoms with Crippen LogP contribution >= 0.6 is 15.9 Å². The van der Waals surface area contributed by atoms with Crippen LogP contribution in [0.15, 0.2) is 27.6 Å². The molecule has 0 radical (unpaired) electrons. The standard InChI is InChI=1S/C11H17BrN4O3S/c1-16(2)11(17)14-5-6-15-20(18,19)10-7-8(13)3-4-9(10)12/h3-4,7,15H,5-6,13H2,1-2H3,(H,14,17). The van der Waals surface area contributed by atoms with Crippen LogP contribution in [-0.2, 0) is 10.0 Å². The highest BCUT2D eigenvalue weighted by Gasteiger charge is 2.17. The molecular weight excluding hydrogens is 348 g/mol. The summed E-state index contributed by atoms with van der Waals surface area (Å²) in [5.41, 5.74) is 5.93. The van der Waals surface area contributed by atoms with Crippen molar-refractivity contribution in [3.05, 3.63) is 22.7 Å². The van der Waals surface area contributed by atoms with Crippen LogP contribution < -0.4 is 15.8 Å². The molecule has 0 aliphatic rings. The molecule has 0 bridgehead atoms. The molecule has 20 heavy (non-hydrogen) atoms. The second kappa shape index (κ2) is 6.91. The fraction of sp³-hybridized carbons (Fsp3) is 0.364. The van der Waals surface area contributed by atoms with Crippen LogP contribution in [-0.4, -0.2) is 46.5 Å². The fourth-order valence-corrected chi connectivity index (χ4v) is 3.34. The second-order valence-electron chi connectivity index (χ2n) is 4.21. The smallest absolute Gasteiger partial charge is 0.316 e. The number of nitrogens with zero attached hydrogens (tertiary/aromatic N) is 1. The third-order valence-electron chi connectivity index (χ3n) is 2.34. The first kappa shape index (κ1) is 16.7. The van der Waals surface area contributed by atoms with Gasteiger partial charge >= 0.3 is 6.03 Å². The van der Waals surface area contributed by atoms with Crippen LogP contribution in [0.3, 0.4) is 0 Å². The molecule has 0 aliphatic carbocycles. The Bertz CT molecular complexity index is 589. The Labute approximate surface area is 126 Å². The number of hydrogen-bond acceptors (Lipinski definition) is 4. The third kappa shape index (κ3) is 4.66. The SMILES string of the molecule is CN(C)C(=O)NCCNS(=O)(=O)c1cc(N)ccc1Br. The second-order valence-corrected chi connectivity index (χ2v) is 6.80. The lowest BCUT2D eigenvalue weighted by Crippen LogP contribution is -2.39. The minimum atomic E-state index is -3.67. The van der Waals surface area contributed by atoms with Crippen molar-refractivity contribution >= 4 is 37.7 Å². The minimum Gasteiger partial charge on any atom is -0.399 e. The molecule has 1 aromatic rings. The van der Waals surface area contributed by atoms with Crippen molar-refractivity contribution in [1.82, 2.24) is 14.9 Å². The number of hydrogen-bond donors (Lipinski definition) is 3. The normalized spacial score (nSPS) is 11.2. The van der Waals surface area contributed by atoms with E-state index in [0.29, 0.717) is 10.2 Å². The molecule has 0 atom stereocenters. The molecule has 112 valence electrons. The van der Waals surface area contributed by atoms with E-state index in [0.717, 1.165) is 0 Å². The minimum absolute atomic E-state index is 0.0661. The zero-order valence-electron chi connectivity index (χ0n) is 11.2. The molecule has 0 aliphatic heterocycles. The first-order valence-electron chi connectivity index (χ1n) is 5.74. The average molecular weight is 365 g/mol. The molecule has 0 aromatic heterocycles. The van der Waals surface area contributed by atoms with Gasteiger partial charge in [-0.25, -0.2) is 17.9 Å². The van der Waals surface area contributed by atoms with Crippen molar-refractivity contribution in [2.75, 3.05) is 32.9 Å². The maximum absolute atomic E-state index is 12.1. The predicted octanol–water partition coefficient (Wildman–Crippen LogP) is 0.581. The maximum Gasteiger partial charge on any atom is 0.316 e. The average Bonchev–Trinajstić information content (AvgIpc) is 2.37. The molecule has 1 aromatic carbocycles. The van der Waals surface area contributed by atoms with Crippen LogP contribution in [0.5, 0.6) is 0 Å². The molecule has 2 amide bonds. The topological polar surface area (TPSA) is 105 Å². The zero-order chi connectivity index (χ0) is 15.3. The van der Waals surface area contributed by atoms with Gasteiger partial charge in [-0.1, -0.05) is 0 Å². The van der Waals surface area contributed by atoms with Crippen molar-refractivity contribution in [3.63, 3.8) is 0 Å². The van der Waals surface area contributed by atoms with Crippen molar-refractivity contribution in [2.24, 2.45) is 0 Å². The summed E-state index contributed by atoms with van der Waals surface area (Å²) in [6.45, 7) is 0.277. The summed E-state index contributed by atoms with van der Waals surface area (Å²) in [5, 5.41) is 2.56. The van der Waals surface area contributed by atoms with Crippen molar-refractivity contribution < 1.29 is 13.2 Å². The quantitative estimate of drug-likeness (QED) is 0.524. The van der Waals surface area contributed by atoms with Gasteiger partial charge in [0.05, 0.1) is 4.90 Å². The van der Waals surface area contributed by atoms with Crippen LogP contribution in [0, 0.1) is 0 Å². The van der Waals surface area contributed by atoms with E-state index >= 15 is 0 Å². The van der Waals surface area contributed by atoms with E-state index in [1.54, 1.807) is 26.2 Å². The molecule has 0 unspecified atom stereocenters. The van der Waals surface area contributed by atoms with Crippen LogP contribution in [0.2, 0.25) is 0 Å². The molecule has 0 heterocycles. The number of nitrogen functional groups attached to an aromatic ring is 1. The molecule has 7 nitrogen and oxygen atoms in total. The lowest BCUT2D eigenvalue weighted by atomic mass is 10.3. The molecule has 1 rings (SSSR count). The fourth-order valence-electron chi connectivity index (χ4n) is 1.32. The van der Waals surface area contributed by atoms with Gasteiger partial charge in [-0.2, -0.15) is 0 Å². The summed E-state index contributed by atoms with van der Waals surface area (Å²) in [4.78, 5) is 12.7. The van der Waals surface area contributed by atoms with Gasteiger partial charge in [0.1, 0.15) is 0 Å². The Balaban J connectivity index is 2.63. The lowest BCUT2D eigenvalue weighted by Gasteiger charge is -2.13. The van der Waals surface area contributed by atoms with Crippen LogP contribution in [0.25, 0.3) is 0 Å². The van der Waals surface area contributed by atoms with Gasteiger partial charge in [-0.15, -0.1) is 0 Å². The van der Waals surface area contributed by atoms with Gasteiger partial charge in [0.15, 0.2) is 0 Å². The summed E-state index contributed by atoms with van der Waals surface area (Å²) in [7, 11) is -0.472. The Morgan fingerprint density at radius 3 is 2.60 bits per heavy atom. The molecule has 0 saturated heterocycles. The highest BCUT2D eigenvalue weighted by Crippen LogP contribution is 2.23. The number of benzene rings is 1. The number of urea groups is 1. The summed E-state index contributed by atoms with van der Waals surface area (Å²) < 4.78 is 26.9. The monoisotopic (exact) mass is 364 g/mol. The number of sulfonamides is 1. The third-order valence-corrected chi connectivity index (χ3v) is 4.80. The van der Waals surface area contributed by atoms with E-state index in [1.165, 1.54) is 11.0 Å². The number of halogens is 1. The van der Waals surface area contributed by atoms with Gasteiger partial charge in [-0.05, 0) is 34.1 Å². The molecule has 0 fully saturated rings. The number of nitrogens with two attached hydrogens (primary N) is 1. The van der Waals surface area contributed by atoms with Crippen molar-refractivity contribution in [3.8, 4) is 0 Å². The Morgan fingerprint density at radius 2 is 2.00 bits per heavy atom. The molecule has 4 N–H and O–H groups in total. The molecule has 9 heteroatoms. The zero-order valence-corrected chi connectivity index (χ0v) is 13.6. The van der Waals surface area contributed by atoms with Crippen LogP contribution in [0.1, 0.15) is 0 Å². The van der Waals surface area contributed by atoms with E-state index in [1.807, 2.05) is 0 Å². The van der Waals surface area contributed by atoms with Crippen molar-refractivity contribution in [1.29, 1.82) is 0 Å². The van der Waals surface area contributed by atoms with Crippen molar-refractivity contribution in [2.45, 2.75) is 4.90 Å². The van der Waals surface area contributed by atoms with Gasteiger partial charge in [0.25, 0.3) is 0 Å². The molecule has 0 spiro atoms. The van der Waals surface area contributed by atoms with E-state index in [-0.39, 0.29) is 24.0 Å². The summed E-state index contributed by atoms with van der Waals surface area (Å²) in [6, 6.07) is 4.25. The highest BCUT2D eigenvalue weighted by atomic mass is 79.9. The van der Waals surface area contributed by atoms with Gasteiger partial charge < -0.3 is 16.0 Å². The van der Waals surface area contributed by atoms with Gasteiger partial charge in [0.2, 0.25) is 10.0 Å². The number of carbonyl (C=O) groups is 1. The first-order chi connectivity index (χ1) is 9.24. The first-order valence-corrected chi connectivity index (χ1v) is 8.01. The van der Waals surface area contributed by atoms with E-state index in [4.69, 9.17) is 5.73 Å². The number of rotatable bonds is 5. The summed E-state index contributed by atoms with van der Waals surface area (Å²) in [6.07, 6.45) is 0. The number of nitrogens with one attached hydrogen (secondary N) is 2. The van der Waals surface area contributed by atoms with Gasteiger partial charge in [0, 0.05) is 37.3 Å². The van der Waals surface area contributed by atoms with Crippen LogP contribution in [0.4, 0.5) is 10.5 Å². The highest BCUT2D eigenvalue weighted by molar-refractivity contribution is 9.10. The Kier molecular flexibility index (Phi) is 5.78. The van der Waals surface area contributed by atoms with Gasteiger partial charge in [-0.3, -0.25) is 0 Å². The number of amides is 2. The lowest BCUT2D eigenvalue weighted by molar-refractivity contribution is 0.217. The number of anilines is 1. The Hall–Kier alpha value is -1.32. The van der Waals surface area contributed by atoms with E-state index < -0.39 is 10.0 Å².